The fourth-order valence-corrected chi connectivity index (χ4v) is 2.01. The van der Waals surface area contributed by atoms with E-state index in [1.165, 1.54) is 38.5 Å². The number of methoxy groups -OCH3 is 1. The van der Waals surface area contributed by atoms with Crippen LogP contribution in [0, 0.1) is 0 Å². The Morgan fingerprint density at radius 1 is 1.19 bits per heavy atom. The number of piperidine rings is 1. The summed E-state index contributed by atoms with van der Waals surface area (Å²) < 4.78 is 40.8. The van der Waals surface area contributed by atoms with Gasteiger partial charge in [0.1, 0.15) is 5.75 Å². The fraction of sp³-hybridized carbons (Fsp3) is 0.533. The number of hydrogen-bond acceptors (Lipinski definition) is 2. The Labute approximate surface area is 122 Å². The topological polar surface area (TPSA) is 29.5 Å². The highest BCUT2D eigenvalue weighted by Crippen LogP contribution is 2.30. The minimum atomic E-state index is -4.30. The molecule has 2 rings (SSSR count). The summed E-state index contributed by atoms with van der Waals surface area (Å²) in [5.41, 5.74) is -0.693. The molecule has 0 aromatic heterocycles. The Morgan fingerprint density at radius 2 is 1.81 bits per heavy atom. The number of carbonyl (C=O) groups is 1. The van der Waals surface area contributed by atoms with Gasteiger partial charge < -0.3 is 9.64 Å². The SMILES string of the molecule is CC(=O)N1CCCCC1.COc1cccc(C(F)(F)F)c1. The van der Waals surface area contributed by atoms with Crippen LogP contribution in [0.2, 0.25) is 0 Å². The van der Waals surface area contributed by atoms with Gasteiger partial charge in [-0.05, 0) is 37.5 Å². The zero-order chi connectivity index (χ0) is 15.9. The van der Waals surface area contributed by atoms with Gasteiger partial charge in [-0.1, -0.05) is 6.07 Å². The van der Waals surface area contributed by atoms with Crippen molar-refractivity contribution in [1.82, 2.24) is 4.90 Å². The molecule has 1 aromatic rings. The molecule has 1 heterocycles. The van der Waals surface area contributed by atoms with E-state index < -0.39 is 11.7 Å². The summed E-state index contributed by atoms with van der Waals surface area (Å²) in [5, 5.41) is 0. The molecular formula is C15H20F3NO2. The Hall–Kier alpha value is -1.72. The second-order valence-corrected chi connectivity index (χ2v) is 4.80. The van der Waals surface area contributed by atoms with Gasteiger partial charge in [-0.15, -0.1) is 0 Å². The first-order valence-corrected chi connectivity index (χ1v) is 6.81. The number of alkyl halides is 3. The van der Waals surface area contributed by atoms with Crippen molar-refractivity contribution < 1.29 is 22.7 Å². The van der Waals surface area contributed by atoms with Gasteiger partial charge in [0.15, 0.2) is 0 Å². The zero-order valence-corrected chi connectivity index (χ0v) is 12.2. The van der Waals surface area contributed by atoms with Crippen LogP contribution in [0.3, 0.4) is 0 Å². The standard InChI is InChI=1S/C8H7F3O.C7H13NO/c1-12-7-4-2-3-6(5-7)8(9,10)11;1-7(9)8-5-3-2-4-6-8/h2-5H,1H3;2-6H2,1H3. The van der Waals surface area contributed by atoms with Crippen LogP contribution in [0.4, 0.5) is 13.2 Å². The van der Waals surface area contributed by atoms with Crippen molar-refractivity contribution >= 4 is 5.91 Å². The highest BCUT2D eigenvalue weighted by Gasteiger charge is 2.30. The molecule has 118 valence electrons. The number of nitrogens with zero attached hydrogens (tertiary/aromatic N) is 1. The van der Waals surface area contributed by atoms with Crippen molar-refractivity contribution in [2.75, 3.05) is 20.2 Å². The maximum absolute atomic E-state index is 12.0. The summed E-state index contributed by atoms with van der Waals surface area (Å²) in [5.74, 6) is 0.444. The van der Waals surface area contributed by atoms with Crippen molar-refractivity contribution in [3.8, 4) is 5.75 Å². The largest absolute Gasteiger partial charge is 0.497 e. The van der Waals surface area contributed by atoms with E-state index in [1.54, 1.807) is 6.92 Å². The van der Waals surface area contributed by atoms with Crippen LogP contribution in [0.1, 0.15) is 31.7 Å². The van der Waals surface area contributed by atoms with Crippen LogP contribution in [-0.2, 0) is 11.0 Å². The quantitative estimate of drug-likeness (QED) is 0.791. The van der Waals surface area contributed by atoms with E-state index in [4.69, 9.17) is 0 Å². The van der Waals surface area contributed by atoms with E-state index in [-0.39, 0.29) is 11.7 Å². The van der Waals surface area contributed by atoms with Gasteiger partial charge in [-0.2, -0.15) is 13.2 Å². The highest BCUT2D eigenvalue weighted by atomic mass is 19.4. The number of hydrogen-bond donors (Lipinski definition) is 0. The van der Waals surface area contributed by atoms with E-state index in [9.17, 15) is 18.0 Å². The number of halogens is 3. The summed E-state index contributed by atoms with van der Waals surface area (Å²) in [6.45, 7) is 3.61. The normalized spacial score (nSPS) is 15.0. The Bertz CT molecular complexity index is 454. The molecule has 0 saturated carbocycles. The molecule has 1 saturated heterocycles. The summed E-state index contributed by atoms with van der Waals surface area (Å²) in [4.78, 5) is 12.6. The lowest BCUT2D eigenvalue weighted by molar-refractivity contribution is -0.137. The lowest BCUT2D eigenvalue weighted by Gasteiger charge is -2.24. The molecule has 0 atom stereocenters. The highest BCUT2D eigenvalue weighted by molar-refractivity contribution is 5.73. The summed E-state index contributed by atoms with van der Waals surface area (Å²) >= 11 is 0. The molecule has 0 unspecified atom stereocenters. The number of amides is 1. The van der Waals surface area contributed by atoms with Crippen LogP contribution >= 0.6 is 0 Å². The molecule has 3 nitrogen and oxygen atoms in total. The Morgan fingerprint density at radius 3 is 2.24 bits per heavy atom. The van der Waals surface area contributed by atoms with Gasteiger partial charge >= 0.3 is 6.18 Å². The average Bonchev–Trinajstić information content (AvgIpc) is 2.48. The van der Waals surface area contributed by atoms with Gasteiger partial charge in [0, 0.05) is 20.0 Å². The number of likely N-dealkylation sites (tertiary alicyclic amines) is 1. The average molecular weight is 303 g/mol. The molecule has 0 N–H and O–H groups in total. The monoisotopic (exact) mass is 303 g/mol. The van der Waals surface area contributed by atoms with Crippen molar-refractivity contribution in [3.63, 3.8) is 0 Å². The lowest BCUT2D eigenvalue weighted by atomic mass is 10.1. The predicted octanol–water partition coefficient (Wildman–Crippen LogP) is 3.73. The third kappa shape index (κ3) is 6.06. The minimum absolute atomic E-state index is 0.213. The van der Waals surface area contributed by atoms with Crippen LogP contribution in [0.15, 0.2) is 24.3 Å². The van der Waals surface area contributed by atoms with Crippen LogP contribution in [0.25, 0.3) is 0 Å². The molecule has 6 heteroatoms. The molecule has 0 radical (unpaired) electrons. The Balaban J connectivity index is 0.000000219. The Kier molecular flexibility index (Phi) is 6.52. The van der Waals surface area contributed by atoms with Gasteiger partial charge in [0.2, 0.25) is 5.91 Å². The maximum atomic E-state index is 12.0. The van der Waals surface area contributed by atoms with Gasteiger partial charge in [-0.25, -0.2) is 0 Å². The van der Waals surface area contributed by atoms with E-state index in [2.05, 4.69) is 4.74 Å². The molecule has 21 heavy (non-hydrogen) atoms. The van der Waals surface area contributed by atoms with Crippen LogP contribution in [-0.4, -0.2) is 31.0 Å². The number of carbonyl (C=O) groups excluding carboxylic acids is 1. The van der Waals surface area contributed by atoms with E-state index >= 15 is 0 Å². The second-order valence-electron chi connectivity index (χ2n) is 4.80. The van der Waals surface area contributed by atoms with Gasteiger partial charge in [0.25, 0.3) is 0 Å². The number of benzene rings is 1. The molecule has 0 aliphatic carbocycles. The molecule has 1 aliphatic heterocycles. The first-order valence-electron chi connectivity index (χ1n) is 6.81. The second kappa shape index (κ2) is 7.90. The maximum Gasteiger partial charge on any atom is 0.416 e. The predicted molar refractivity (Wildman–Crippen MR) is 74.1 cm³/mol. The summed E-state index contributed by atoms with van der Waals surface area (Å²) in [6.07, 6.45) is -0.614. The van der Waals surface area contributed by atoms with Crippen molar-refractivity contribution in [2.24, 2.45) is 0 Å². The zero-order valence-electron chi connectivity index (χ0n) is 12.2. The van der Waals surface area contributed by atoms with Gasteiger partial charge in [0.05, 0.1) is 12.7 Å². The third-order valence-corrected chi connectivity index (χ3v) is 3.20. The fourth-order valence-electron chi connectivity index (χ4n) is 2.01. The number of ether oxygens (including phenoxy) is 1. The summed E-state index contributed by atoms with van der Waals surface area (Å²) in [7, 11) is 1.33. The smallest absolute Gasteiger partial charge is 0.416 e. The summed E-state index contributed by atoms with van der Waals surface area (Å²) in [6, 6.07) is 4.74. The first kappa shape index (κ1) is 17.3. The molecule has 1 fully saturated rings. The molecule has 1 amide bonds. The lowest BCUT2D eigenvalue weighted by Crippen LogP contribution is -2.33. The molecular weight excluding hydrogens is 283 g/mol. The van der Waals surface area contributed by atoms with Crippen molar-refractivity contribution in [1.29, 1.82) is 0 Å². The first-order chi connectivity index (χ1) is 9.84. The van der Waals surface area contributed by atoms with Crippen molar-refractivity contribution in [2.45, 2.75) is 32.4 Å². The van der Waals surface area contributed by atoms with Gasteiger partial charge in [-0.3, -0.25) is 4.79 Å². The molecule has 1 aliphatic rings. The van der Waals surface area contributed by atoms with E-state index in [0.717, 1.165) is 25.2 Å². The van der Waals surface area contributed by atoms with E-state index in [0.29, 0.717) is 0 Å². The van der Waals surface area contributed by atoms with E-state index in [1.807, 2.05) is 4.90 Å². The molecule has 1 aromatic carbocycles. The minimum Gasteiger partial charge on any atom is -0.497 e. The number of rotatable bonds is 1. The van der Waals surface area contributed by atoms with Crippen molar-refractivity contribution in [3.05, 3.63) is 29.8 Å². The third-order valence-electron chi connectivity index (χ3n) is 3.20. The van der Waals surface area contributed by atoms with Crippen LogP contribution < -0.4 is 4.74 Å². The molecule has 0 bridgehead atoms. The molecule has 0 spiro atoms. The van der Waals surface area contributed by atoms with Crippen LogP contribution in [0.5, 0.6) is 5.75 Å².